The second kappa shape index (κ2) is 8.34. The van der Waals surface area contributed by atoms with Gasteiger partial charge in [-0.1, -0.05) is 11.3 Å². The fourth-order valence-corrected chi connectivity index (χ4v) is 4.88. The van der Waals surface area contributed by atoms with Crippen LogP contribution in [0.5, 0.6) is 5.75 Å². The van der Waals surface area contributed by atoms with Crippen LogP contribution in [0.25, 0.3) is 15.3 Å². The number of benzene rings is 2. The third-order valence-electron chi connectivity index (χ3n) is 4.73. The lowest BCUT2D eigenvalue weighted by Crippen LogP contribution is -2.22. The Kier molecular flexibility index (Phi) is 5.71. The molecule has 4 rings (SSSR count). The van der Waals surface area contributed by atoms with Gasteiger partial charge >= 0.3 is 0 Å². The molecule has 0 atom stereocenters. The van der Waals surface area contributed by atoms with Gasteiger partial charge in [-0.3, -0.25) is 4.79 Å². The number of amides is 1. The summed E-state index contributed by atoms with van der Waals surface area (Å²) >= 11 is 1.42. The number of fused-ring (bicyclic) bond motifs is 1. The molecule has 4 aromatic rings. The molecule has 0 fully saturated rings. The fourth-order valence-electron chi connectivity index (χ4n) is 3.02. The zero-order valence-corrected chi connectivity index (χ0v) is 19.5. The Hall–Kier alpha value is -3.28. The summed E-state index contributed by atoms with van der Waals surface area (Å²) in [5.74, 6) is 0.809. The molecule has 0 radical (unpaired) electrons. The van der Waals surface area contributed by atoms with E-state index < -0.39 is 10.0 Å². The van der Waals surface area contributed by atoms with Crippen LogP contribution in [0.15, 0.2) is 53.4 Å². The van der Waals surface area contributed by atoms with E-state index in [1.54, 1.807) is 17.9 Å². The summed E-state index contributed by atoms with van der Waals surface area (Å²) in [6.45, 7) is 1.82. The number of carbonyl (C=O) groups excluding carboxylic acids is 1. The highest BCUT2D eigenvalue weighted by atomic mass is 32.2. The topological polar surface area (TPSA) is 106 Å². The van der Waals surface area contributed by atoms with Crippen molar-refractivity contribution in [3.05, 3.63) is 59.8 Å². The minimum atomic E-state index is -3.56. The number of ether oxygens (including phenoxy) is 1. The maximum absolute atomic E-state index is 12.8. The molecule has 1 N–H and O–H groups in total. The normalized spacial score (nSPS) is 11.8. The van der Waals surface area contributed by atoms with Crippen LogP contribution in [0.2, 0.25) is 0 Å². The Morgan fingerprint density at radius 2 is 1.84 bits per heavy atom. The monoisotopic (exact) mass is 471 g/mol. The second-order valence-corrected chi connectivity index (χ2v) is 10.3. The van der Waals surface area contributed by atoms with Crippen LogP contribution >= 0.6 is 11.3 Å². The molecule has 2 aromatic carbocycles. The van der Waals surface area contributed by atoms with Crippen molar-refractivity contribution in [1.29, 1.82) is 0 Å². The first-order valence-electron chi connectivity index (χ1n) is 9.54. The van der Waals surface area contributed by atoms with Crippen LogP contribution in [-0.4, -0.2) is 54.6 Å². The standard InChI is InChI=1S/C21H21N5O4S2/c1-13-11-19(23-20(27)14-5-8-16(9-6-14)32(28,29)25(2)3)26(24-13)21-22-17-10-7-15(30-4)12-18(17)31-21/h5-12H,1-4H3,(H,23,27). The lowest BCUT2D eigenvalue weighted by Gasteiger charge is -2.11. The first-order valence-corrected chi connectivity index (χ1v) is 11.8. The van der Waals surface area contributed by atoms with E-state index >= 15 is 0 Å². The van der Waals surface area contributed by atoms with Gasteiger partial charge in [-0.15, -0.1) is 0 Å². The van der Waals surface area contributed by atoms with Crippen molar-refractivity contribution in [3.8, 4) is 10.9 Å². The molecule has 0 spiro atoms. The summed E-state index contributed by atoms with van der Waals surface area (Å²) < 4.78 is 33.3. The van der Waals surface area contributed by atoms with E-state index in [1.165, 1.54) is 49.7 Å². The molecular formula is C21H21N5O4S2. The molecule has 11 heteroatoms. The number of carbonyl (C=O) groups is 1. The molecule has 1 amide bonds. The quantitative estimate of drug-likeness (QED) is 0.462. The molecule has 32 heavy (non-hydrogen) atoms. The summed E-state index contributed by atoms with van der Waals surface area (Å²) in [5.41, 5.74) is 1.83. The van der Waals surface area contributed by atoms with Gasteiger partial charge in [0.05, 0.1) is 27.9 Å². The van der Waals surface area contributed by atoms with Crippen LogP contribution in [0.1, 0.15) is 16.1 Å². The van der Waals surface area contributed by atoms with E-state index in [1.807, 2.05) is 25.1 Å². The number of aryl methyl sites for hydroxylation is 1. The van der Waals surface area contributed by atoms with Crippen LogP contribution in [-0.2, 0) is 10.0 Å². The van der Waals surface area contributed by atoms with Crippen molar-refractivity contribution < 1.29 is 17.9 Å². The number of hydrogen-bond acceptors (Lipinski definition) is 7. The highest BCUT2D eigenvalue weighted by molar-refractivity contribution is 7.89. The molecule has 0 bridgehead atoms. The highest BCUT2D eigenvalue weighted by Crippen LogP contribution is 2.30. The number of rotatable bonds is 6. The Morgan fingerprint density at radius 1 is 1.12 bits per heavy atom. The Bertz CT molecular complexity index is 1410. The van der Waals surface area contributed by atoms with Gasteiger partial charge in [0.2, 0.25) is 15.2 Å². The highest BCUT2D eigenvalue weighted by Gasteiger charge is 2.19. The van der Waals surface area contributed by atoms with Gasteiger partial charge in [-0.25, -0.2) is 17.7 Å². The molecule has 2 heterocycles. The van der Waals surface area contributed by atoms with E-state index in [-0.39, 0.29) is 10.8 Å². The van der Waals surface area contributed by atoms with Crippen LogP contribution in [0.4, 0.5) is 5.82 Å². The van der Waals surface area contributed by atoms with Crippen LogP contribution in [0.3, 0.4) is 0 Å². The maximum Gasteiger partial charge on any atom is 0.256 e. The number of methoxy groups -OCH3 is 1. The molecule has 166 valence electrons. The molecule has 0 saturated carbocycles. The SMILES string of the molecule is COc1ccc2nc(-n3nc(C)cc3NC(=O)c3ccc(S(=O)(=O)N(C)C)cc3)sc2c1. The zero-order valence-electron chi connectivity index (χ0n) is 17.9. The summed E-state index contributed by atoms with van der Waals surface area (Å²) in [6, 6.07) is 13.1. The third kappa shape index (κ3) is 4.09. The van der Waals surface area contributed by atoms with Gasteiger partial charge in [-0.2, -0.15) is 9.78 Å². The first-order chi connectivity index (χ1) is 15.2. The number of aromatic nitrogens is 3. The van der Waals surface area contributed by atoms with E-state index in [2.05, 4.69) is 15.4 Å². The molecule has 2 aromatic heterocycles. The molecule has 0 saturated heterocycles. The minimum Gasteiger partial charge on any atom is -0.497 e. The van der Waals surface area contributed by atoms with E-state index in [4.69, 9.17) is 4.74 Å². The van der Waals surface area contributed by atoms with Crippen molar-refractivity contribution >= 4 is 43.3 Å². The van der Waals surface area contributed by atoms with Crippen molar-refractivity contribution in [1.82, 2.24) is 19.1 Å². The number of sulfonamides is 1. The number of thiazole rings is 1. The Balaban J connectivity index is 1.62. The van der Waals surface area contributed by atoms with E-state index in [0.717, 1.165) is 20.3 Å². The molecule has 0 aliphatic heterocycles. The van der Waals surface area contributed by atoms with Gasteiger partial charge in [0.1, 0.15) is 11.6 Å². The van der Waals surface area contributed by atoms with Crippen molar-refractivity contribution in [2.45, 2.75) is 11.8 Å². The molecule has 0 aliphatic rings. The van der Waals surface area contributed by atoms with Crippen molar-refractivity contribution in [2.75, 3.05) is 26.5 Å². The molecule has 9 nitrogen and oxygen atoms in total. The summed E-state index contributed by atoms with van der Waals surface area (Å²) in [6.07, 6.45) is 0. The summed E-state index contributed by atoms with van der Waals surface area (Å²) in [7, 11) is 0.955. The number of hydrogen-bond donors (Lipinski definition) is 1. The van der Waals surface area contributed by atoms with Crippen LogP contribution < -0.4 is 10.1 Å². The van der Waals surface area contributed by atoms with Gasteiger partial charge in [0, 0.05) is 25.7 Å². The predicted octanol–water partition coefficient (Wildman–Crippen LogP) is 3.30. The average molecular weight is 472 g/mol. The second-order valence-electron chi connectivity index (χ2n) is 7.18. The first kappa shape index (κ1) is 21.9. The largest absolute Gasteiger partial charge is 0.497 e. The summed E-state index contributed by atoms with van der Waals surface area (Å²) in [4.78, 5) is 17.5. The Morgan fingerprint density at radius 3 is 2.50 bits per heavy atom. The van der Waals surface area contributed by atoms with E-state index in [0.29, 0.717) is 22.2 Å². The smallest absolute Gasteiger partial charge is 0.256 e. The zero-order chi connectivity index (χ0) is 23.0. The average Bonchev–Trinajstić information content (AvgIpc) is 3.35. The lowest BCUT2D eigenvalue weighted by atomic mass is 10.2. The lowest BCUT2D eigenvalue weighted by molar-refractivity contribution is 0.102. The third-order valence-corrected chi connectivity index (χ3v) is 7.56. The minimum absolute atomic E-state index is 0.116. The van der Waals surface area contributed by atoms with Crippen molar-refractivity contribution in [2.24, 2.45) is 0 Å². The van der Waals surface area contributed by atoms with Crippen LogP contribution in [0, 0.1) is 6.92 Å². The van der Waals surface area contributed by atoms with Gasteiger partial charge in [0.15, 0.2) is 0 Å². The predicted molar refractivity (Wildman–Crippen MR) is 123 cm³/mol. The number of nitrogens with zero attached hydrogens (tertiary/aromatic N) is 4. The molecule has 0 aliphatic carbocycles. The van der Waals surface area contributed by atoms with Gasteiger partial charge in [0.25, 0.3) is 5.91 Å². The maximum atomic E-state index is 12.8. The number of nitrogens with one attached hydrogen (secondary N) is 1. The molecule has 0 unspecified atom stereocenters. The molecular weight excluding hydrogens is 450 g/mol. The Labute approximate surface area is 189 Å². The van der Waals surface area contributed by atoms with Gasteiger partial charge in [-0.05, 0) is 49.4 Å². The van der Waals surface area contributed by atoms with E-state index in [9.17, 15) is 13.2 Å². The van der Waals surface area contributed by atoms with Gasteiger partial charge < -0.3 is 10.1 Å². The fraction of sp³-hybridized carbons (Fsp3) is 0.190. The summed E-state index contributed by atoms with van der Waals surface area (Å²) in [5, 5.41) is 7.90. The van der Waals surface area contributed by atoms with Crippen molar-refractivity contribution in [3.63, 3.8) is 0 Å². The number of anilines is 1.